The van der Waals surface area contributed by atoms with E-state index in [2.05, 4.69) is 0 Å². The van der Waals surface area contributed by atoms with Crippen LogP contribution in [0.2, 0.25) is 10.0 Å². The quantitative estimate of drug-likeness (QED) is 0.531. The zero-order chi connectivity index (χ0) is 8.43. The van der Waals surface area contributed by atoms with Gasteiger partial charge in [0.1, 0.15) is 0 Å². The topological polar surface area (TPSA) is 23.8 Å². The first-order chi connectivity index (χ1) is 5.15. The fourth-order valence-electron chi connectivity index (χ4n) is 0.620. The maximum absolute atomic E-state index is 8.52. The predicted molar refractivity (Wildman–Crippen MR) is 53.9 cm³/mol. The number of halogens is 3. The van der Waals surface area contributed by atoms with Crippen LogP contribution in [0.4, 0.5) is 0 Å². The monoisotopic (exact) mass is 297 g/mol. The van der Waals surface area contributed by atoms with Crippen molar-refractivity contribution in [1.29, 1.82) is 5.26 Å². The van der Waals surface area contributed by atoms with Crippen molar-refractivity contribution in [2.45, 2.75) is 0 Å². The number of hydrogen-bond donors (Lipinski definition) is 0. The second kappa shape index (κ2) is 3.61. The zero-order valence-corrected chi connectivity index (χ0v) is 8.91. The first kappa shape index (κ1) is 9.11. The van der Waals surface area contributed by atoms with Crippen LogP contribution in [0.5, 0.6) is 0 Å². The van der Waals surface area contributed by atoms with Gasteiger partial charge in [0.2, 0.25) is 0 Å². The lowest BCUT2D eigenvalue weighted by molar-refractivity contribution is 1.47. The lowest BCUT2D eigenvalue weighted by Gasteiger charge is -1.98. The summed E-state index contributed by atoms with van der Waals surface area (Å²) in [4.78, 5) is 0. The van der Waals surface area contributed by atoms with Crippen LogP contribution in [0, 0.1) is 14.9 Å². The summed E-state index contributed by atoms with van der Waals surface area (Å²) in [5.74, 6) is 0. The molecule has 56 valence electrons. The molecule has 0 unspecified atom stereocenters. The number of benzene rings is 1. The lowest BCUT2D eigenvalue weighted by atomic mass is 10.2. The molecule has 0 heterocycles. The van der Waals surface area contributed by atoms with Gasteiger partial charge >= 0.3 is 0 Å². The molecule has 0 bridgehead atoms. The molecule has 1 aromatic carbocycles. The van der Waals surface area contributed by atoms with E-state index in [0.717, 1.165) is 3.57 Å². The smallest absolute Gasteiger partial charge is 0.0992 e. The summed E-state index contributed by atoms with van der Waals surface area (Å²) in [5.41, 5.74) is 0.531. The van der Waals surface area contributed by atoms with Crippen LogP contribution < -0.4 is 0 Å². The standard InChI is InChI=1S/C7H2Cl2IN/c8-5-1-4(3-11)2-6(10)7(5)9/h1-2H. The molecule has 4 heteroatoms. The van der Waals surface area contributed by atoms with E-state index in [1.165, 1.54) is 0 Å². The van der Waals surface area contributed by atoms with Crippen molar-refractivity contribution in [2.75, 3.05) is 0 Å². The summed E-state index contributed by atoms with van der Waals surface area (Å²) in [6.07, 6.45) is 0. The highest BCUT2D eigenvalue weighted by Gasteiger charge is 2.03. The Balaban J connectivity index is 3.35. The van der Waals surface area contributed by atoms with E-state index < -0.39 is 0 Å². The van der Waals surface area contributed by atoms with Crippen molar-refractivity contribution in [3.8, 4) is 6.07 Å². The lowest BCUT2D eigenvalue weighted by Crippen LogP contribution is -1.80. The van der Waals surface area contributed by atoms with Gasteiger partial charge in [0.05, 0.1) is 21.7 Å². The Labute approximate surface area is 88.1 Å². The van der Waals surface area contributed by atoms with E-state index >= 15 is 0 Å². The Morgan fingerprint density at radius 1 is 1.36 bits per heavy atom. The van der Waals surface area contributed by atoms with Gasteiger partial charge in [-0.3, -0.25) is 0 Å². The zero-order valence-electron chi connectivity index (χ0n) is 5.24. The van der Waals surface area contributed by atoms with Gasteiger partial charge in [-0.05, 0) is 34.7 Å². The van der Waals surface area contributed by atoms with Gasteiger partial charge in [-0.1, -0.05) is 23.2 Å². The van der Waals surface area contributed by atoms with E-state index in [1.807, 2.05) is 28.7 Å². The molecule has 0 aliphatic carbocycles. The molecular weight excluding hydrogens is 296 g/mol. The van der Waals surface area contributed by atoms with Crippen LogP contribution in [-0.2, 0) is 0 Å². The molecule has 0 amide bonds. The summed E-state index contributed by atoms with van der Waals surface area (Å²) >= 11 is 13.5. The van der Waals surface area contributed by atoms with Crippen molar-refractivity contribution in [1.82, 2.24) is 0 Å². The van der Waals surface area contributed by atoms with Gasteiger partial charge in [0.15, 0.2) is 0 Å². The first-order valence-corrected chi connectivity index (χ1v) is 4.53. The Kier molecular flexibility index (Phi) is 2.99. The molecule has 0 aliphatic heterocycles. The summed E-state index contributed by atoms with van der Waals surface area (Å²) in [5, 5.41) is 9.45. The minimum atomic E-state index is 0.426. The van der Waals surface area contributed by atoms with E-state index in [0.29, 0.717) is 15.6 Å². The van der Waals surface area contributed by atoms with Crippen LogP contribution >= 0.6 is 45.8 Å². The number of nitriles is 1. The molecule has 0 spiro atoms. The van der Waals surface area contributed by atoms with Crippen molar-refractivity contribution >= 4 is 45.8 Å². The van der Waals surface area contributed by atoms with Gasteiger partial charge in [0.25, 0.3) is 0 Å². The Bertz CT molecular complexity index is 307. The number of rotatable bonds is 0. The Hall–Kier alpha value is 0.0200. The average molecular weight is 298 g/mol. The van der Waals surface area contributed by atoms with E-state index in [-0.39, 0.29) is 0 Å². The number of nitrogens with zero attached hydrogens (tertiary/aromatic N) is 1. The van der Waals surface area contributed by atoms with Crippen molar-refractivity contribution < 1.29 is 0 Å². The summed E-state index contributed by atoms with van der Waals surface area (Å²) < 4.78 is 0.799. The Morgan fingerprint density at radius 3 is 2.45 bits per heavy atom. The molecular formula is C7H2Cl2IN. The third-order valence-electron chi connectivity index (χ3n) is 1.11. The van der Waals surface area contributed by atoms with E-state index in [1.54, 1.807) is 12.1 Å². The fraction of sp³-hybridized carbons (Fsp3) is 0. The van der Waals surface area contributed by atoms with Gasteiger partial charge in [-0.25, -0.2) is 0 Å². The molecule has 0 aromatic heterocycles. The van der Waals surface area contributed by atoms with Crippen molar-refractivity contribution in [2.24, 2.45) is 0 Å². The fourth-order valence-corrected chi connectivity index (χ4v) is 1.73. The predicted octanol–water partition coefficient (Wildman–Crippen LogP) is 3.47. The van der Waals surface area contributed by atoms with Crippen LogP contribution in [0.25, 0.3) is 0 Å². The van der Waals surface area contributed by atoms with Crippen LogP contribution in [0.15, 0.2) is 12.1 Å². The van der Waals surface area contributed by atoms with Gasteiger partial charge in [-0.2, -0.15) is 5.26 Å². The second-order valence-corrected chi connectivity index (χ2v) is 3.81. The highest BCUT2D eigenvalue weighted by molar-refractivity contribution is 14.1. The van der Waals surface area contributed by atoms with E-state index in [9.17, 15) is 0 Å². The molecule has 1 aromatic rings. The number of hydrogen-bond acceptors (Lipinski definition) is 1. The second-order valence-electron chi connectivity index (χ2n) is 1.87. The first-order valence-electron chi connectivity index (χ1n) is 2.70. The van der Waals surface area contributed by atoms with E-state index in [4.69, 9.17) is 28.5 Å². The molecule has 1 nitrogen and oxygen atoms in total. The Morgan fingerprint density at radius 2 is 2.00 bits per heavy atom. The molecule has 0 saturated heterocycles. The highest BCUT2D eigenvalue weighted by atomic mass is 127. The van der Waals surface area contributed by atoms with Crippen LogP contribution in [0.1, 0.15) is 5.56 Å². The van der Waals surface area contributed by atoms with Crippen LogP contribution in [0.3, 0.4) is 0 Å². The van der Waals surface area contributed by atoms with Crippen LogP contribution in [-0.4, -0.2) is 0 Å². The largest absolute Gasteiger partial charge is 0.192 e. The highest BCUT2D eigenvalue weighted by Crippen LogP contribution is 2.28. The normalized spacial score (nSPS) is 9.27. The molecule has 11 heavy (non-hydrogen) atoms. The summed E-state index contributed by atoms with van der Waals surface area (Å²) in [6, 6.07) is 5.22. The maximum atomic E-state index is 8.52. The summed E-state index contributed by atoms with van der Waals surface area (Å²) in [7, 11) is 0. The third-order valence-corrected chi connectivity index (χ3v) is 3.08. The minimum absolute atomic E-state index is 0.426. The molecule has 1 rings (SSSR count). The molecule has 0 atom stereocenters. The SMILES string of the molecule is N#Cc1cc(Cl)c(Cl)c(I)c1. The molecule has 0 aliphatic rings. The summed E-state index contributed by atoms with van der Waals surface area (Å²) in [6.45, 7) is 0. The van der Waals surface area contributed by atoms with Gasteiger partial charge < -0.3 is 0 Å². The van der Waals surface area contributed by atoms with Gasteiger partial charge in [0, 0.05) is 3.57 Å². The molecule has 0 saturated carbocycles. The molecule has 0 radical (unpaired) electrons. The molecule has 0 N–H and O–H groups in total. The van der Waals surface area contributed by atoms with Crippen molar-refractivity contribution in [3.05, 3.63) is 31.3 Å². The third kappa shape index (κ3) is 1.98. The maximum Gasteiger partial charge on any atom is 0.0992 e. The minimum Gasteiger partial charge on any atom is -0.192 e. The van der Waals surface area contributed by atoms with Crippen molar-refractivity contribution in [3.63, 3.8) is 0 Å². The molecule has 0 fully saturated rings. The average Bonchev–Trinajstić information content (AvgIpc) is 1.99. The van der Waals surface area contributed by atoms with Gasteiger partial charge in [-0.15, -0.1) is 0 Å².